The van der Waals surface area contributed by atoms with Gasteiger partial charge in [0.1, 0.15) is 0 Å². The molecular weight excluding hydrogens is 880 g/mol. The van der Waals surface area contributed by atoms with E-state index in [1.165, 1.54) is 0 Å². The quantitative estimate of drug-likeness (QED) is 0.124. The van der Waals surface area contributed by atoms with Gasteiger partial charge in [-0.2, -0.15) is 0 Å². The molecule has 0 rings (SSSR count). The molecule has 0 aromatic heterocycles. The largest absolute Gasteiger partial charge is 2.00 e. The SMILES string of the molecule is O=S(=O)([O-])[O-].O=S(=O)([O-])[O-].O=S(=O)([O-])[O-].O=S(=O)([O-])[O-].O=S(=O)([O-])[O-].O=S(=O)([O-])[O-].[Ca+2].[Cu+2].[Fe+2].[Mg+2].[Mn+2].[Zn+2]. The van der Waals surface area contributed by atoms with Crippen LogP contribution >= 0.6 is 0 Å². The minimum atomic E-state index is -5.17. The van der Waals surface area contributed by atoms with Crippen molar-refractivity contribution in [2.24, 2.45) is 0 Å². The molecule has 0 unspecified atom stereocenters. The maximum absolute atomic E-state index is 8.52. The summed E-state index contributed by atoms with van der Waals surface area (Å²) in [6, 6.07) is 0. The van der Waals surface area contributed by atoms with Gasteiger partial charge in [0.2, 0.25) is 0 Å². The fourth-order valence-electron chi connectivity index (χ4n) is 0. The summed E-state index contributed by atoms with van der Waals surface area (Å²) >= 11 is 0. The van der Waals surface area contributed by atoms with Crippen molar-refractivity contribution in [2.75, 3.05) is 0 Å². The van der Waals surface area contributed by atoms with E-state index < -0.39 is 62.4 Å². The molecule has 0 saturated heterocycles. The second-order valence-electron chi connectivity index (χ2n) is 2.45. The average Bonchev–Trinajstić information content (AvgIpc) is 1.94. The van der Waals surface area contributed by atoms with Crippen LogP contribution in [-0.4, -0.2) is 166 Å². The average molecular weight is 880 g/mol. The van der Waals surface area contributed by atoms with Crippen LogP contribution in [0.2, 0.25) is 0 Å². The van der Waals surface area contributed by atoms with Gasteiger partial charge in [-0.3, -0.25) is 50.5 Å². The van der Waals surface area contributed by atoms with Crippen LogP contribution in [0.3, 0.4) is 0 Å². The number of hydrogen-bond donors (Lipinski definition) is 0. The molecule has 0 aromatic rings. The Bertz CT molecular complexity index is 792. The molecule has 0 aliphatic heterocycles. The normalized spacial score (nSPS) is 9.67. The van der Waals surface area contributed by atoms with Gasteiger partial charge in [0, 0.05) is 62.4 Å². The molecule has 0 N–H and O–H groups in total. The van der Waals surface area contributed by atoms with Crippen LogP contribution in [0.25, 0.3) is 0 Å². The third kappa shape index (κ3) is 4230. The van der Waals surface area contributed by atoms with Gasteiger partial charge in [-0.25, -0.2) is 0 Å². The van der Waals surface area contributed by atoms with E-state index >= 15 is 0 Å². The molecule has 0 amide bonds. The molecule has 0 bridgehead atoms. The Hall–Kier alpha value is 3.43. The molecular formula is CaCuFeMgMnO24S6Zn. The molecule has 24 nitrogen and oxygen atoms in total. The molecule has 36 heteroatoms. The Morgan fingerprint density at radius 2 is 0.333 bits per heavy atom. The zero-order valence-corrected chi connectivity index (χ0v) is 30.1. The molecule has 0 fully saturated rings. The summed E-state index contributed by atoms with van der Waals surface area (Å²) in [5.74, 6) is 0. The summed E-state index contributed by atoms with van der Waals surface area (Å²) in [7, 11) is -31.0. The van der Waals surface area contributed by atoms with Crippen LogP contribution in [0.4, 0.5) is 0 Å². The molecule has 0 spiro atoms. The third-order valence-electron chi connectivity index (χ3n) is 0. The zero-order chi connectivity index (χ0) is 27.0. The predicted molar refractivity (Wildman–Crippen MR) is 74.4 cm³/mol. The minimum Gasteiger partial charge on any atom is -0.759 e. The van der Waals surface area contributed by atoms with E-state index in [2.05, 4.69) is 0 Å². The van der Waals surface area contributed by atoms with E-state index in [0.717, 1.165) is 0 Å². The Morgan fingerprint density at radius 3 is 0.333 bits per heavy atom. The molecule has 0 saturated carbocycles. The zero-order valence-electron chi connectivity index (χ0n) is 15.4. The summed E-state index contributed by atoms with van der Waals surface area (Å²) in [6.07, 6.45) is 0. The molecule has 0 aromatic carbocycles. The van der Waals surface area contributed by atoms with Gasteiger partial charge in [0.25, 0.3) is 0 Å². The smallest absolute Gasteiger partial charge is 0.759 e. The van der Waals surface area contributed by atoms with Crippen molar-refractivity contribution in [1.29, 1.82) is 0 Å². The van der Waals surface area contributed by atoms with E-state index in [1.54, 1.807) is 0 Å². The maximum atomic E-state index is 8.52. The van der Waals surface area contributed by atoms with Gasteiger partial charge < -0.3 is 54.6 Å². The van der Waals surface area contributed by atoms with Crippen molar-refractivity contribution >= 4 is 123 Å². The van der Waals surface area contributed by atoms with Gasteiger partial charge in [-0.1, -0.05) is 0 Å². The molecule has 36 heavy (non-hydrogen) atoms. The van der Waals surface area contributed by atoms with E-state index in [-0.39, 0.29) is 131 Å². The topological polar surface area (TPSA) is 482 Å². The first-order valence-corrected chi connectivity index (χ1v) is 12.0. The first-order chi connectivity index (χ1) is 12.0. The van der Waals surface area contributed by atoms with Gasteiger partial charge in [-0.15, -0.1) is 0 Å². The Labute approximate surface area is 294 Å². The summed E-state index contributed by atoms with van der Waals surface area (Å²) < 4.78 is 205. The minimum absolute atomic E-state index is 0. The van der Waals surface area contributed by atoms with Crippen LogP contribution in [0.5, 0.6) is 0 Å². The van der Waals surface area contributed by atoms with Gasteiger partial charge in [-0.05, 0) is 0 Å². The second kappa shape index (κ2) is 34.6. The number of hydrogen-bond acceptors (Lipinski definition) is 24. The van der Waals surface area contributed by atoms with Crippen molar-refractivity contribution in [3.63, 3.8) is 0 Å². The molecule has 0 aliphatic rings. The molecule has 212 valence electrons. The summed E-state index contributed by atoms with van der Waals surface area (Å²) in [5.41, 5.74) is 0. The van der Waals surface area contributed by atoms with Crippen molar-refractivity contribution in [3.05, 3.63) is 0 Å². The van der Waals surface area contributed by atoms with Crippen LogP contribution < -0.4 is 0 Å². The Balaban J connectivity index is -0.0000000186. The summed E-state index contributed by atoms with van der Waals surface area (Å²) in [4.78, 5) is 0. The van der Waals surface area contributed by atoms with Gasteiger partial charge in [0.05, 0.1) is 0 Å². The Kier molecular flexibility index (Phi) is 74.4. The van der Waals surface area contributed by atoms with Crippen LogP contribution in [0, 0.1) is 0 Å². The maximum Gasteiger partial charge on any atom is 2.00 e. The van der Waals surface area contributed by atoms with E-state index in [0.29, 0.717) is 0 Å². The molecule has 0 heterocycles. The Morgan fingerprint density at radius 1 is 0.333 bits per heavy atom. The van der Waals surface area contributed by atoms with E-state index in [1.807, 2.05) is 0 Å². The molecule has 2 radical (unpaired) electrons. The van der Waals surface area contributed by atoms with E-state index in [9.17, 15) is 0 Å². The number of rotatable bonds is 0. The fourth-order valence-corrected chi connectivity index (χ4v) is 0. The first-order valence-electron chi connectivity index (χ1n) is 4.00. The van der Waals surface area contributed by atoms with Crippen LogP contribution in [0.15, 0.2) is 0 Å². The second-order valence-corrected chi connectivity index (χ2v) is 7.35. The van der Waals surface area contributed by atoms with Crippen molar-refractivity contribution in [2.45, 2.75) is 0 Å². The predicted octanol–water partition coefficient (Wildman–Crippen LogP) is -8.80. The summed E-state index contributed by atoms with van der Waals surface area (Å²) in [6.45, 7) is 0. The van der Waals surface area contributed by atoms with Gasteiger partial charge >= 0.3 is 131 Å². The molecule has 0 atom stereocenters. The monoisotopic (exact) mass is 877 g/mol. The van der Waals surface area contributed by atoms with Crippen LogP contribution in [-0.2, 0) is 133 Å². The third-order valence-corrected chi connectivity index (χ3v) is 0. The van der Waals surface area contributed by atoms with Crippen LogP contribution in [0.1, 0.15) is 0 Å². The fraction of sp³-hybridized carbons (Fsp3) is 0. The van der Waals surface area contributed by atoms with Crippen molar-refractivity contribution in [1.82, 2.24) is 0 Å². The summed E-state index contributed by atoms with van der Waals surface area (Å²) in [5, 5.41) is 0. The standard InChI is InChI=1S/Ca.Cu.Fe.Mg.Mn.6H2O4S.Zn/c;;;;;6*1-5(2,3)4;/h;;;;;6*(H2,1,2,3,4);/q5*+2;;;;;;;+2/p-12. The van der Waals surface area contributed by atoms with Crippen molar-refractivity contribution in [3.8, 4) is 0 Å². The van der Waals surface area contributed by atoms with Crippen molar-refractivity contribution < 1.29 is 176 Å². The van der Waals surface area contributed by atoms with E-state index in [4.69, 9.17) is 105 Å². The molecule has 0 aliphatic carbocycles. The van der Waals surface area contributed by atoms with Gasteiger partial charge in [0.15, 0.2) is 0 Å². The first kappa shape index (κ1) is 77.4.